The van der Waals surface area contributed by atoms with Gasteiger partial charge in [0.05, 0.1) is 0 Å². The summed E-state index contributed by atoms with van der Waals surface area (Å²) in [4.78, 5) is 10.4. The van der Waals surface area contributed by atoms with Crippen LogP contribution in [0.1, 0.15) is 32.1 Å². The fraction of sp³-hybridized carbons (Fsp3) is 1.00. The lowest BCUT2D eigenvalue weighted by molar-refractivity contribution is -0.167. The Kier molecular flexibility index (Phi) is 4.79. The summed E-state index contributed by atoms with van der Waals surface area (Å²) >= 11 is 0. The minimum Gasteiger partial charge on any atom is -0.595 e. The standard InChI is InChI=1S/C6H11O2P.H3N/c7-9(8)6-4-2-1-3-5-6;/h6H,1-5H2;1H3/p+1. The first kappa shape index (κ1) is 10.0. The highest BCUT2D eigenvalue weighted by Crippen LogP contribution is 2.31. The van der Waals surface area contributed by atoms with Crippen molar-refractivity contribution in [3.05, 3.63) is 0 Å². The number of hydrogen-bond acceptors (Lipinski definition) is 2. The van der Waals surface area contributed by atoms with E-state index in [-0.39, 0.29) is 11.8 Å². The zero-order valence-corrected chi connectivity index (χ0v) is 7.27. The van der Waals surface area contributed by atoms with Crippen molar-refractivity contribution < 1.29 is 9.46 Å². The Labute approximate surface area is 62.3 Å². The van der Waals surface area contributed by atoms with E-state index in [4.69, 9.17) is 0 Å². The lowest BCUT2D eigenvalue weighted by Gasteiger charge is -2.13. The third-order valence-corrected chi connectivity index (χ3v) is 2.99. The lowest BCUT2D eigenvalue weighted by Crippen LogP contribution is -2.12. The predicted molar refractivity (Wildman–Crippen MR) is 40.5 cm³/mol. The van der Waals surface area contributed by atoms with Crippen molar-refractivity contribution in [2.45, 2.75) is 37.8 Å². The van der Waals surface area contributed by atoms with Gasteiger partial charge in [-0.25, -0.2) is 0 Å². The van der Waals surface area contributed by atoms with Crippen LogP contribution < -0.4 is 11.0 Å². The van der Waals surface area contributed by atoms with Crippen LogP contribution in [0.4, 0.5) is 0 Å². The largest absolute Gasteiger partial charge is 0.595 e. The molecule has 1 rings (SSSR count). The fourth-order valence-corrected chi connectivity index (χ4v) is 2.08. The van der Waals surface area contributed by atoms with Crippen LogP contribution in [0.5, 0.6) is 0 Å². The maximum Gasteiger partial charge on any atom is 0.311 e. The molecule has 0 radical (unpaired) electrons. The fourth-order valence-electron chi connectivity index (χ4n) is 1.29. The van der Waals surface area contributed by atoms with Crippen molar-refractivity contribution in [3.8, 4) is 0 Å². The molecule has 1 atom stereocenters. The first-order chi connectivity index (χ1) is 4.30. The quantitative estimate of drug-likeness (QED) is 0.600. The van der Waals surface area contributed by atoms with Gasteiger partial charge in [-0.1, -0.05) is 11.0 Å². The Balaban J connectivity index is 0.000000810. The predicted octanol–water partition coefficient (Wildman–Crippen LogP) is 1.80. The van der Waals surface area contributed by atoms with Crippen molar-refractivity contribution in [3.63, 3.8) is 0 Å². The summed E-state index contributed by atoms with van der Waals surface area (Å²) in [7, 11) is -2.12. The molecule has 0 saturated heterocycles. The van der Waals surface area contributed by atoms with Crippen molar-refractivity contribution in [2.24, 2.45) is 0 Å². The zero-order chi connectivity index (χ0) is 6.69. The van der Waals surface area contributed by atoms with Crippen molar-refractivity contribution >= 4 is 8.03 Å². The maximum atomic E-state index is 10.4. The number of rotatable bonds is 1. The first-order valence-electron chi connectivity index (χ1n) is 3.44. The highest BCUT2D eigenvalue weighted by atomic mass is 31.1. The molecule has 10 heavy (non-hydrogen) atoms. The number of hydrogen-bond donors (Lipinski definition) is 1. The number of quaternary nitrogens is 1. The molecule has 0 heterocycles. The molecule has 3 nitrogen and oxygen atoms in total. The highest BCUT2D eigenvalue weighted by molar-refractivity contribution is 7.37. The summed E-state index contributed by atoms with van der Waals surface area (Å²) in [6.07, 6.45) is 5.24. The summed E-state index contributed by atoms with van der Waals surface area (Å²) in [5.74, 6) is 0. The average molecular weight is 164 g/mol. The van der Waals surface area contributed by atoms with Gasteiger partial charge in [0.25, 0.3) is 0 Å². The minimum absolute atomic E-state index is 0. The molecule has 4 N–H and O–H groups in total. The molecule has 0 bridgehead atoms. The molecule has 1 fully saturated rings. The molecule has 1 aliphatic rings. The molecule has 0 aromatic rings. The maximum absolute atomic E-state index is 10.4. The van der Waals surface area contributed by atoms with Gasteiger partial charge < -0.3 is 11.0 Å². The normalized spacial score (nSPS) is 21.5. The summed E-state index contributed by atoms with van der Waals surface area (Å²) in [5, 5.41) is 0. The molecular formula is C6H15NO2P+. The van der Waals surface area contributed by atoms with Crippen LogP contribution in [0.2, 0.25) is 0 Å². The van der Waals surface area contributed by atoms with E-state index in [0.29, 0.717) is 0 Å². The van der Waals surface area contributed by atoms with Crippen LogP contribution >= 0.6 is 8.03 Å². The van der Waals surface area contributed by atoms with Gasteiger partial charge in [-0.15, -0.1) is 0 Å². The Morgan fingerprint density at radius 3 is 2.00 bits per heavy atom. The van der Waals surface area contributed by atoms with E-state index in [1.54, 1.807) is 0 Å². The van der Waals surface area contributed by atoms with Gasteiger partial charge in [0.15, 0.2) is 5.66 Å². The molecule has 0 amide bonds. The van der Waals surface area contributed by atoms with Gasteiger partial charge in [0.2, 0.25) is 0 Å². The Bertz CT molecular complexity index is 112. The molecule has 0 aromatic carbocycles. The average Bonchev–Trinajstić information content (AvgIpc) is 1.90. The molecular weight excluding hydrogens is 149 g/mol. The molecule has 4 heteroatoms. The van der Waals surface area contributed by atoms with E-state index in [9.17, 15) is 9.46 Å². The second kappa shape index (κ2) is 4.78. The molecule has 1 saturated carbocycles. The molecule has 1 unspecified atom stereocenters. The van der Waals surface area contributed by atoms with Gasteiger partial charge in [0.1, 0.15) is 0 Å². The van der Waals surface area contributed by atoms with Gasteiger partial charge in [-0.3, -0.25) is 0 Å². The van der Waals surface area contributed by atoms with Crippen LogP contribution in [0, 0.1) is 0 Å². The zero-order valence-electron chi connectivity index (χ0n) is 6.38. The van der Waals surface area contributed by atoms with E-state index in [1.807, 2.05) is 0 Å². The Hall–Kier alpha value is 0.0200. The lowest BCUT2D eigenvalue weighted by atomic mass is 10.0. The van der Waals surface area contributed by atoms with Gasteiger partial charge in [0, 0.05) is 0 Å². The van der Waals surface area contributed by atoms with E-state index < -0.39 is 8.03 Å². The van der Waals surface area contributed by atoms with Crippen LogP contribution in [-0.2, 0) is 4.57 Å². The highest BCUT2D eigenvalue weighted by Gasteiger charge is 2.23. The Morgan fingerprint density at radius 1 is 1.20 bits per heavy atom. The van der Waals surface area contributed by atoms with Gasteiger partial charge >= 0.3 is 8.03 Å². The molecule has 0 spiro atoms. The molecule has 0 aromatic heterocycles. The van der Waals surface area contributed by atoms with E-state index in [2.05, 4.69) is 0 Å². The van der Waals surface area contributed by atoms with Crippen molar-refractivity contribution in [1.29, 1.82) is 0 Å². The van der Waals surface area contributed by atoms with E-state index in [1.165, 1.54) is 6.42 Å². The van der Waals surface area contributed by atoms with Gasteiger partial charge in [-0.2, -0.15) is 0 Å². The summed E-state index contributed by atoms with van der Waals surface area (Å²) in [6, 6.07) is 0. The summed E-state index contributed by atoms with van der Waals surface area (Å²) in [6.45, 7) is 0. The monoisotopic (exact) mass is 164 g/mol. The SMILES string of the molecule is O=[P+]([O-])C1CCCCC1.[NH4+]. The first-order valence-corrected chi connectivity index (χ1v) is 4.69. The minimum atomic E-state index is -2.12. The second-order valence-electron chi connectivity index (χ2n) is 2.58. The smallest absolute Gasteiger partial charge is 0.311 e. The van der Waals surface area contributed by atoms with Crippen LogP contribution in [0.15, 0.2) is 0 Å². The molecule has 0 aliphatic heterocycles. The molecule has 1 aliphatic carbocycles. The van der Waals surface area contributed by atoms with Crippen LogP contribution in [0.25, 0.3) is 0 Å². The third kappa shape index (κ3) is 2.74. The van der Waals surface area contributed by atoms with E-state index in [0.717, 1.165) is 25.7 Å². The summed E-state index contributed by atoms with van der Waals surface area (Å²) < 4.78 is 10.4. The van der Waals surface area contributed by atoms with Crippen LogP contribution in [0.3, 0.4) is 0 Å². The molecule has 60 valence electrons. The third-order valence-electron chi connectivity index (χ3n) is 1.87. The van der Waals surface area contributed by atoms with E-state index >= 15 is 0 Å². The Morgan fingerprint density at radius 2 is 1.70 bits per heavy atom. The van der Waals surface area contributed by atoms with Crippen LogP contribution in [-0.4, -0.2) is 5.66 Å². The van der Waals surface area contributed by atoms with Gasteiger partial charge in [-0.05, 0) is 25.7 Å². The van der Waals surface area contributed by atoms with Crippen molar-refractivity contribution in [2.75, 3.05) is 0 Å². The topological polar surface area (TPSA) is 76.6 Å². The second-order valence-corrected chi connectivity index (χ2v) is 3.88. The van der Waals surface area contributed by atoms with Crippen molar-refractivity contribution in [1.82, 2.24) is 6.15 Å². The summed E-state index contributed by atoms with van der Waals surface area (Å²) in [5.41, 5.74) is 0.00810.